The normalized spacial score (nSPS) is 23.1. The molecule has 1 fully saturated rings. The maximum Gasteiger partial charge on any atom is 0.0352 e. The van der Waals surface area contributed by atoms with E-state index in [1.54, 1.807) is 0 Å². The molecule has 1 nitrogen and oxygen atoms in total. The summed E-state index contributed by atoms with van der Waals surface area (Å²) in [5.74, 6) is 0.717. The molecule has 1 aliphatic rings. The van der Waals surface area contributed by atoms with E-state index in [1.165, 1.54) is 24.0 Å². The number of hydrogen-bond acceptors (Lipinski definition) is 1. The standard InChI is InChI=1S/C17H19N/c1-3-7-14(8-4-1)13-16-11-12-18-17(16)15-9-5-2-6-10-15/h1-10,16-18H,11-13H2/t16-,17+/m1/s1. The molecule has 0 spiro atoms. The van der Waals surface area contributed by atoms with Crippen LogP contribution >= 0.6 is 0 Å². The van der Waals surface area contributed by atoms with E-state index in [9.17, 15) is 0 Å². The molecule has 2 aromatic rings. The van der Waals surface area contributed by atoms with Crippen LogP contribution in [0.1, 0.15) is 23.6 Å². The van der Waals surface area contributed by atoms with Crippen molar-refractivity contribution in [3.63, 3.8) is 0 Å². The van der Waals surface area contributed by atoms with Gasteiger partial charge in [-0.25, -0.2) is 0 Å². The van der Waals surface area contributed by atoms with E-state index in [4.69, 9.17) is 0 Å². The fourth-order valence-corrected chi connectivity index (χ4v) is 2.94. The fraction of sp³-hybridized carbons (Fsp3) is 0.294. The molecule has 0 saturated carbocycles. The average molecular weight is 237 g/mol. The quantitative estimate of drug-likeness (QED) is 0.860. The van der Waals surface area contributed by atoms with Crippen LogP contribution in [-0.4, -0.2) is 6.54 Å². The minimum atomic E-state index is 0.520. The van der Waals surface area contributed by atoms with E-state index in [-0.39, 0.29) is 0 Å². The van der Waals surface area contributed by atoms with Crippen molar-refractivity contribution < 1.29 is 0 Å². The SMILES string of the molecule is c1ccc(C[C@H]2CCN[C@H]2c2ccccc2)cc1. The monoisotopic (exact) mass is 237 g/mol. The van der Waals surface area contributed by atoms with Gasteiger partial charge in [0.05, 0.1) is 0 Å². The Morgan fingerprint density at radius 1 is 0.889 bits per heavy atom. The summed E-state index contributed by atoms with van der Waals surface area (Å²) in [5.41, 5.74) is 2.88. The van der Waals surface area contributed by atoms with Crippen molar-refractivity contribution in [1.82, 2.24) is 5.32 Å². The largest absolute Gasteiger partial charge is 0.310 e. The Morgan fingerprint density at radius 3 is 2.28 bits per heavy atom. The van der Waals surface area contributed by atoms with Gasteiger partial charge in [0.1, 0.15) is 0 Å². The number of hydrogen-bond donors (Lipinski definition) is 1. The molecule has 3 rings (SSSR count). The van der Waals surface area contributed by atoms with Gasteiger partial charge < -0.3 is 5.32 Å². The molecule has 2 atom stereocenters. The molecular formula is C17H19N. The van der Waals surface area contributed by atoms with Crippen LogP contribution in [0, 0.1) is 5.92 Å². The van der Waals surface area contributed by atoms with Crippen molar-refractivity contribution in [2.24, 2.45) is 5.92 Å². The van der Waals surface area contributed by atoms with Crippen LogP contribution in [0.15, 0.2) is 60.7 Å². The number of nitrogens with one attached hydrogen (secondary N) is 1. The van der Waals surface area contributed by atoms with E-state index >= 15 is 0 Å². The molecule has 0 unspecified atom stereocenters. The Labute approximate surface area is 109 Å². The Bertz CT molecular complexity index is 477. The van der Waals surface area contributed by atoms with Crippen molar-refractivity contribution in [3.05, 3.63) is 71.8 Å². The lowest BCUT2D eigenvalue weighted by Gasteiger charge is -2.20. The number of benzene rings is 2. The van der Waals surface area contributed by atoms with Crippen molar-refractivity contribution in [2.45, 2.75) is 18.9 Å². The molecule has 1 heterocycles. The summed E-state index contributed by atoms with van der Waals surface area (Å²) in [7, 11) is 0. The summed E-state index contributed by atoms with van der Waals surface area (Å²) in [6, 6.07) is 22.2. The second-order valence-electron chi connectivity index (χ2n) is 5.08. The van der Waals surface area contributed by atoms with Crippen molar-refractivity contribution >= 4 is 0 Å². The number of rotatable bonds is 3. The van der Waals surface area contributed by atoms with Crippen molar-refractivity contribution in [3.8, 4) is 0 Å². The zero-order valence-electron chi connectivity index (χ0n) is 10.5. The van der Waals surface area contributed by atoms with Crippen LogP contribution < -0.4 is 5.32 Å². The lowest BCUT2D eigenvalue weighted by Crippen LogP contribution is -2.19. The van der Waals surface area contributed by atoms with Gasteiger partial charge in [0.2, 0.25) is 0 Å². The van der Waals surface area contributed by atoms with E-state index in [0.29, 0.717) is 6.04 Å². The highest BCUT2D eigenvalue weighted by Crippen LogP contribution is 2.31. The van der Waals surface area contributed by atoms with Gasteiger partial charge in [-0.2, -0.15) is 0 Å². The van der Waals surface area contributed by atoms with Gasteiger partial charge in [-0.1, -0.05) is 60.7 Å². The van der Waals surface area contributed by atoms with Gasteiger partial charge in [-0.05, 0) is 36.4 Å². The van der Waals surface area contributed by atoms with Crippen LogP contribution in [0.4, 0.5) is 0 Å². The molecule has 1 heteroatoms. The highest BCUT2D eigenvalue weighted by atomic mass is 14.9. The van der Waals surface area contributed by atoms with Crippen molar-refractivity contribution in [2.75, 3.05) is 6.54 Å². The van der Waals surface area contributed by atoms with Crippen LogP contribution in [0.25, 0.3) is 0 Å². The average Bonchev–Trinajstić information content (AvgIpc) is 2.89. The second-order valence-corrected chi connectivity index (χ2v) is 5.08. The van der Waals surface area contributed by atoms with Gasteiger partial charge in [0, 0.05) is 6.04 Å². The van der Waals surface area contributed by atoms with Gasteiger partial charge in [0.25, 0.3) is 0 Å². The van der Waals surface area contributed by atoms with Crippen molar-refractivity contribution in [1.29, 1.82) is 0 Å². The van der Waals surface area contributed by atoms with Crippen LogP contribution in [0.5, 0.6) is 0 Å². The minimum Gasteiger partial charge on any atom is -0.310 e. The highest BCUT2D eigenvalue weighted by Gasteiger charge is 2.27. The zero-order chi connectivity index (χ0) is 12.2. The first-order valence-electron chi connectivity index (χ1n) is 6.76. The Hall–Kier alpha value is -1.60. The van der Waals surface area contributed by atoms with Gasteiger partial charge in [-0.15, -0.1) is 0 Å². The first-order valence-corrected chi connectivity index (χ1v) is 6.76. The predicted molar refractivity (Wildman–Crippen MR) is 75.4 cm³/mol. The first-order chi connectivity index (χ1) is 8.93. The molecule has 1 saturated heterocycles. The van der Waals surface area contributed by atoms with E-state index in [0.717, 1.165) is 12.5 Å². The lowest BCUT2D eigenvalue weighted by molar-refractivity contribution is 0.460. The summed E-state index contributed by atoms with van der Waals surface area (Å²) >= 11 is 0. The maximum absolute atomic E-state index is 3.64. The molecule has 0 aliphatic carbocycles. The van der Waals surface area contributed by atoms with Gasteiger partial charge in [-0.3, -0.25) is 0 Å². The molecular weight excluding hydrogens is 218 g/mol. The predicted octanol–water partition coefficient (Wildman–Crippen LogP) is 3.58. The van der Waals surface area contributed by atoms with Gasteiger partial charge in [0.15, 0.2) is 0 Å². The minimum absolute atomic E-state index is 0.520. The zero-order valence-corrected chi connectivity index (χ0v) is 10.5. The van der Waals surface area contributed by atoms with Crippen LogP contribution in [0.2, 0.25) is 0 Å². The third kappa shape index (κ3) is 2.46. The third-order valence-electron chi connectivity index (χ3n) is 3.85. The lowest BCUT2D eigenvalue weighted by atomic mass is 9.89. The van der Waals surface area contributed by atoms with E-state index in [1.807, 2.05) is 0 Å². The molecule has 18 heavy (non-hydrogen) atoms. The van der Waals surface area contributed by atoms with E-state index in [2.05, 4.69) is 66.0 Å². The first kappa shape index (κ1) is 11.5. The molecule has 1 aliphatic heterocycles. The summed E-state index contributed by atoms with van der Waals surface area (Å²) < 4.78 is 0. The fourth-order valence-electron chi connectivity index (χ4n) is 2.94. The Morgan fingerprint density at radius 2 is 1.56 bits per heavy atom. The molecule has 0 radical (unpaired) electrons. The molecule has 2 aromatic carbocycles. The molecule has 92 valence electrons. The van der Waals surface area contributed by atoms with Crippen LogP contribution in [0.3, 0.4) is 0 Å². The summed E-state index contributed by atoms with van der Waals surface area (Å²) in [6.07, 6.45) is 2.45. The maximum atomic E-state index is 3.64. The summed E-state index contributed by atoms with van der Waals surface area (Å²) in [6.45, 7) is 1.14. The third-order valence-corrected chi connectivity index (χ3v) is 3.85. The molecule has 0 aromatic heterocycles. The Balaban J connectivity index is 1.76. The summed E-state index contributed by atoms with van der Waals surface area (Å²) in [5, 5.41) is 3.64. The molecule has 1 N–H and O–H groups in total. The van der Waals surface area contributed by atoms with Crippen LogP contribution in [-0.2, 0) is 6.42 Å². The molecule has 0 amide bonds. The van der Waals surface area contributed by atoms with Gasteiger partial charge >= 0.3 is 0 Å². The smallest absolute Gasteiger partial charge is 0.0352 e. The van der Waals surface area contributed by atoms with E-state index < -0.39 is 0 Å². The highest BCUT2D eigenvalue weighted by molar-refractivity contribution is 5.23. The molecule has 0 bridgehead atoms. The topological polar surface area (TPSA) is 12.0 Å². The summed E-state index contributed by atoms with van der Waals surface area (Å²) in [4.78, 5) is 0. The Kier molecular flexibility index (Phi) is 3.42. The second kappa shape index (κ2) is 5.36.